The Hall–Kier alpha value is -0.340. The molecule has 0 aromatic rings. The maximum Gasteiger partial charge on any atom is 0.0195 e. The summed E-state index contributed by atoms with van der Waals surface area (Å²) in [6.07, 6.45) is 4.57. The van der Waals surface area contributed by atoms with Crippen LogP contribution in [0.1, 0.15) is 19.8 Å². The molecule has 12 heavy (non-hydrogen) atoms. The Balaban J connectivity index is 2.24. The van der Waals surface area contributed by atoms with Gasteiger partial charge in [-0.05, 0) is 6.42 Å². The Bertz CT molecular complexity index is 132. The summed E-state index contributed by atoms with van der Waals surface area (Å²) in [5.74, 6) is 0. The van der Waals surface area contributed by atoms with Gasteiger partial charge in [0.2, 0.25) is 0 Å². The van der Waals surface area contributed by atoms with Crippen LogP contribution in [0.3, 0.4) is 0 Å². The normalized spacial score (nSPS) is 25.6. The van der Waals surface area contributed by atoms with Gasteiger partial charge in [0.05, 0.1) is 0 Å². The smallest absolute Gasteiger partial charge is 0.0195 e. The largest absolute Gasteiger partial charge is 0.311 e. The van der Waals surface area contributed by atoms with Gasteiger partial charge >= 0.3 is 0 Å². The lowest BCUT2D eigenvalue weighted by Gasteiger charge is -2.32. The first kappa shape index (κ1) is 9.75. The molecule has 0 spiro atoms. The molecule has 1 unspecified atom stereocenters. The van der Waals surface area contributed by atoms with Crippen LogP contribution in [-0.2, 0) is 0 Å². The van der Waals surface area contributed by atoms with E-state index in [9.17, 15) is 0 Å². The van der Waals surface area contributed by atoms with Crippen LogP contribution in [0.2, 0.25) is 0 Å². The van der Waals surface area contributed by atoms with Gasteiger partial charge in [-0.1, -0.05) is 19.4 Å². The second kappa shape index (κ2) is 5.33. The van der Waals surface area contributed by atoms with Gasteiger partial charge in [0, 0.05) is 32.2 Å². The summed E-state index contributed by atoms with van der Waals surface area (Å²) in [6, 6.07) is 0.712. The summed E-state index contributed by atoms with van der Waals surface area (Å²) >= 11 is 0. The highest BCUT2D eigenvalue weighted by Gasteiger charge is 2.16. The molecule has 1 saturated heterocycles. The van der Waals surface area contributed by atoms with Gasteiger partial charge in [-0.15, -0.1) is 6.58 Å². The Morgan fingerprint density at radius 1 is 1.67 bits per heavy atom. The summed E-state index contributed by atoms with van der Waals surface area (Å²) in [6.45, 7) is 10.6. The molecule has 2 nitrogen and oxygen atoms in total. The highest BCUT2D eigenvalue weighted by Crippen LogP contribution is 2.04. The predicted octanol–water partition coefficient (Wildman–Crippen LogP) is 1.25. The predicted molar refractivity (Wildman–Crippen MR) is 53.3 cm³/mol. The number of hydrogen-bond acceptors (Lipinski definition) is 2. The number of nitrogens with zero attached hydrogens (tertiary/aromatic N) is 1. The standard InChI is InChI=1S/C10H20N2/c1-3-5-10-9-12(7-4-2)8-6-11-10/h4,10-11H,2-3,5-9H2,1H3. The Morgan fingerprint density at radius 2 is 2.50 bits per heavy atom. The van der Waals surface area contributed by atoms with Crippen LogP contribution in [0.25, 0.3) is 0 Å². The summed E-state index contributed by atoms with van der Waals surface area (Å²) in [7, 11) is 0. The van der Waals surface area contributed by atoms with Crippen LogP contribution in [-0.4, -0.2) is 37.1 Å². The van der Waals surface area contributed by atoms with E-state index in [-0.39, 0.29) is 0 Å². The van der Waals surface area contributed by atoms with Crippen molar-refractivity contribution in [2.24, 2.45) is 0 Å². The first-order valence-corrected chi connectivity index (χ1v) is 4.93. The van der Waals surface area contributed by atoms with Crippen LogP contribution in [0, 0.1) is 0 Å². The van der Waals surface area contributed by atoms with Gasteiger partial charge in [-0.25, -0.2) is 0 Å². The van der Waals surface area contributed by atoms with Gasteiger partial charge in [0.15, 0.2) is 0 Å². The van der Waals surface area contributed by atoms with Crippen molar-refractivity contribution in [3.05, 3.63) is 12.7 Å². The van der Waals surface area contributed by atoms with E-state index < -0.39 is 0 Å². The van der Waals surface area contributed by atoms with E-state index in [0.717, 1.165) is 13.1 Å². The molecule has 0 amide bonds. The van der Waals surface area contributed by atoms with Gasteiger partial charge in [-0.3, -0.25) is 4.90 Å². The first-order valence-electron chi connectivity index (χ1n) is 4.93. The minimum atomic E-state index is 0.712. The van der Waals surface area contributed by atoms with E-state index in [2.05, 4.69) is 23.7 Å². The van der Waals surface area contributed by atoms with Gasteiger partial charge in [0.1, 0.15) is 0 Å². The van der Waals surface area contributed by atoms with Crippen molar-refractivity contribution in [2.75, 3.05) is 26.2 Å². The molecule has 0 saturated carbocycles. The van der Waals surface area contributed by atoms with E-state index in [1.165, 1.54) is 25.9 Å². The van der Waals surface area contributed by atoms with E-state index >= 15 is 0 Å². The number of nitrogens with one attached hydrogen (secondary N) is 1. The van der Waals surface area contributed by atoms with E-state index in [1.54, 1.807) is 0 Å². The van der Waals surface area contributed by atoms with Gasteiger partial charge in [0.25, 0.3) is 0 Å². The molecule has 1 fully saturated rings. The molecule has 0 aromatic carbocycles. The maximum absolute atomic E-state index is 3.76. The fraction of sp³-hybridized carbons (Fsp3) is 0.800. The number of piperazine rings is 1. The van der Waals surface area contributed by atoms with Crippen molar-refractivity contribution in [1.29, 1.82) is 0 Å². The quantitative estimate of drug-likeness (QED) is 0.635. The van der Waals surface area contributed by atoms with Crippen LogP contribution in [0.15, 0.2) is 12.7 Å². The molecule has 2 heteroatoms. The second-order valence-corrected chi connectivity index (χ2v) is 3.49. The Morgan fingerprint density at radius 3 is 3.17 bits per heavy atom. The van der Waals surface area contributed by atoms with E-state index in [0.29, 0.717) is 6.04 Å². The summed E-state index contributed by atoms with van der Waals surface area (Å²) < 4.78 is 0. The average Bonchev–Trinajstić information content (AvgIpc) is 2.06. The van der Waals surface area contributed by atoms with E-state index in [4.69, 9.17) is 0 Å². The van der Waals surface area contributed by atoms with Crippen molar-refractivity contribution in [3.8, 4) is 0 Å². The molecular weight excluding hydrogens is 148 g/mol. The van der Waals surface area contributed by atoms with Crippen molar-refractivity contribution < 1.29 is 0 Å². The summed E-state index contributed by atoms with van der Waals surface area (Å²) in [5.41, 5.74) is 0. The molecule has 0 radical (unpaired) electrons. The minimum absolute atomic E-state index is 0.712. The zero-order valence-corrected chi connectivity index (χ0v) is 8.05. The van der Waals surface area contributed by atoms with Crippen LogP contribution in [0.5, 0.6) is 0 Å². The SMILES string of the molecule is C=CCN1CCNC(CCC)C1. The monoisotopic (exact) mass is 168 g/mol. The lowest BCUT2D eigenvalue weighted by molar-refractivity contribution is 0.211. The minimum Gasteiger partial charge on any atom is -0.311 e. The molecule has 1 aliphatic heterocycles. The van der Waals surface area contributed by atoms with Crippen molar-refractivity contribution in [1.82, 2.24) is 10.2 Å². The summed E-state index contributed by atoms with van der Waals surface area (Å²) in [5, 5.41) is 3.53. The molecular formula is C10H20N2. The third kappa shape index (κ3) is 2.95. The third-order valence-corrected chi connectivity index (χ3v) is 2.36. The number of rotatable bonds is 4. The molecule has 1 aliphatic rings. The van der Waals surface area contributed by atoms with Gasteiger partial charge < -0.3 is 5.32 Å². The van der Waals surface area contributed by atoms with Crippen LogP contribution in [0.4, 0.5) is 0 Å². The topological polar surface area (TPSA) is 15.3 Å². The molecule has 1 atom stereocenters. The zero-order chi connectivity index (χ0) is 8.81. The summed E-state index contributed by atoms with van der Waals surface area (Å²) in [4.78, 5) is 2.46. The van der Waals surface area contributed by atoms with Crippen LogP contribution < -0.4 is 5.32 Å². The first-order chi connectivity index (χ1) is 5.86. The Kier molecular flexibility index (Phi) is 4.33. The number of hydrogen-bond donors (Lipinski definition) is 1. The zero-order valence-electron chi connectivity index (χ0n) is 8.05. The maximum atomic E-state index is 3.76. The van der Waals surface area contributed by atoms with Crippen molar-refractivity contribution in [2.45, 2.75) is 25.8 Å². The van der Waals surface area contributed by atoms with Crippen molar-refractivity contribution in [3.63, 3.8) is 0 Å². The molecule has 1 N–H and O–H groups in total. The molecule has 70 valence electrons. The van der Waals surface area contributed by atoms with E-state index in [1.807, 2.05) is 6.08 Å². The second-order valence-electron chi connectivity index (χ2n) is 3.49. The molecule has 1 heterocycles. The fourth-order valence-corrected chi connectivity index (χ4v) is 1.78. The average molecular weight is 168 g/mol. The fourth-order valence-electron chi connectivity index (χ4n) is 1.78. The van der Waals surface area contributed by atoms with Crippen LogP contribution >= 0.6 is 0 Å². The highest BCUT2D eigenvalue weighted by atomic mass is 15.2. The third-order valence-electron chi connectivity index (χ3n) is 2.36. The Labute approximate surface area is 75.6 Å². The molecule has 0 aliphatic carbocycles. The lowest BCUT2D eigenvalue weighted by Crippen LogP contribution is -2.50. The highest BCUT2D eigenvalue weighted by molar-refractivity contribution is 4.82. The molecule has 0 aromatic heterocycles. The van der Waals surface area contributed by atoms with Crippen molar-refractivity contribution >= 4 is 0 Å². The molecule has 1 rings (SSSR count). The lowest BCUT2D eigenvalue weighted by atomic mass is 10.1. The van der Waals surface area contributed by atoms with Gasteiger partial charge in [-0.2, -0.15) is 0 Å². The molecule has 0 bridgehead atoms.